The van der Waals surface area contributed by atoms with Crippen LogP contribution in [0.25, 0.3) is 6.08 Å². The molecular formula is C6H5NO3. The second kappa shape index (κ2) is 2.82. The fraction of sp³-hybridized carbons (Fsp3) is 0. The molecule has 0 N–H and O–H groups in total. The van der Waals surface area contributed by atoms with Crippen molar-refractivity contribution in [3.8, 4) is 0 Å². The fourth-order valence-electron chi connectivity index (χ4n) is 0.520. The van der Waals surface area contributed by atoms with Crippen molar-refractivity contribution in [3.05, 3.63) is 40.5 Å². The monoisotopic (exact) mass is 139 g/mol. The van der Waals surface area contributed by atoms with Crippen LogP contribution in [0.1, 0.15) is 5.76 Å². The molecular weight excluding hydrogens is 134 g/mol. The molecule has 4 heteroatoms. The van der Waals surface area contributed by atoms with Gasteiger partial charge in [0, 0.05) is 0 Å². The Morgan fingerprint density at radius 3 is 3.00 bits per heavy atom. The van der Waals surface area contributed by atoms with Gasteiger partial charge in [-0.25, -0.2) is 0 Å². The first-order chi connectivity index (χ1) is 4.79. The first kappa shape index (κ1) is 6.54. The van der Waals surface area contributed by atoms with Gasteiger partial charge in [-0.15, -0.1) is 0 Å². The maximum atomic E-state index is 9.77. The van der Waals surface area contributed by atoms with E-state index in [4.69, 9.17) is 4.42 Å². The van der Waals surface area contributed by atoms with E-state index < -0.39 is 4.92 Å². The van der Waals surface area contributed by atoms with Crippen LogP contribution in [0.5, 0.6) is 0 Å². The number of hydrogen-bond donors (Lipinski definition) is 0. The van der Waals surface area contributed by atoms with E-state index in [-0.39, 0.29) is 0 Å². The topological polar surface area (TPSA) is 56.3 Å². The molecule has 1 heterocycles. The highest BCUT2D eigenvalue weighted by atomic mass is 16.6. The summed E-state index contributed by atoms with van der Waals surface area (Å²) in [5.41, 5.74) is 0. The van der Waals surface area contributed by atoms with Crippen LogP contribution in [0, 0.1) is 10.1 Å². The molecule has 0 fully saturated rings. The highest BCUT2D eigenvalue weighted by Gasteiger charge is 1.89. The molecule has 0 amide bonds. The summed E-state index contributed by atoms with van der Waals surface area (Å²) in [6, 6.07) is 3.31. The van der Waals surface area contributed by atoms with Gasteiger partial charge in [0.15, 0.2) is 0 Å². The average molecular weight is 139 g/mol. The quantitative estimate of drug-likeness (QED) is 0.461. The lowest BCUT2D eigenvalue weighted by Gasteiger charge is -1.77. The van der Waals surface area contributed by atoms with Gasteiger partial charge >= 0.3 is 0 Å². The first-order valence-electron chi connectivity index (χ1n) is 2.64. The van der Waals surface area contributed by atoms with Crippen molar-refractivity contribution < 1.29 is 9.34 Å². The molecule has 4 nitrogen and oxygen atoms in total. The van der Waals surface area contributed by atoms with E-state index in [0.29, 0.717) is 5.76 Å². The van der Waals surface area contributed by atoms with Gasteiger partial charge in [-0.2, -0.15) is 0 Å². The van der Waals surface area contributed by atoms with Gasteiger partial charge in [0.1, 0.15) is 5.76 Å². The molecule has 0 radical (unpaired) electrons. The van der Waals surface area contributed by atoms with Gasteiger partial charge in [0.05, 0.1) is 17.3 Å². The van der Waals surface area contributed by atoms with Crippen molar-refractivity contribution in [3.63, 3.8) is 0 Å². The molecule has 0 aliphatic heterocycles. The smallest absolute Gasteiger partial charge is 0.238 e. The molecule has 1 rings (SSSR count). The zero-order valence-corrected chi connectivity index (χ0v) is 5.06. The third-order valence-electron chi connectivity index (χ3n) is 0.904. The molecule has 0 saturated heterocycles. The molecule has 10 heavy (non-hydrogen) atoms. The van der Waals surface area contributed by atoms with Gasteiger partial charge < -0.3 is 4.42 Å². The van der Waals surface area contributed by atoms with Crippen molar-refractivity contribution in [2.45, 2.75) is 0 Å². The van der Waals surface area contributed by atoms with Crippen molar-refractivity contribution in [1.82, 2.24) is 0 Å². The van der Waals surface area contributed by atoms with Crippen LogP contribution in [-0.2, 0) is 0 Å². The minimum Gasteiger partial charge on any atom is -0.465 e. The van der Waals surface area contributed by atoms with Crippen LogP contribution in [-0.4, -0.2) is 4.92 Å². The van der Waals surface area contributed by atoms with E-state index in [1.807, 2.05) is 0 Å². The summed E-state index contributed by atoms with van der Waals surface area (Å²) in [5, 5.41) is 9.77. The number of nitro groups is 1. The second-order valence-corrected chi connectivity index (χ2v) is 1.62. The highest BCUT2D eigenvalue weighted by Crippen LogP contribution is 2.01. The zero-order valence-electron chi connectivity index (χ0n) is 5.06. The Kier molecular flexibility index (Phi) is 1.84. The molecule has 0 atom stereocenters. The minimum absolute atomic E-state index is 0.483. The standard InChI is InChI=1S/C6H5NO3/c8-7(9)4-3-6-2-1-5-10-6/h1-5H. The summed E-state index contributed by atoms with van der Waals surface area (Å²) < 4.78 is 4.79. The van der Waals surface area contributed by atoms with Crippen LogP contribution in [0.15, 0.2) is 29.0 Å². The summed E-state index contributed by atoms with van der Waals surface area (Å²) in [6.45, 7) is 0. The van der Waals surface area contributed by atoms with Gasteiger partial charge in [0.25, 0.3) is 0 Å². The van der Waals surface area contributed by atoms with E-state index in [1.54, 1.807) is 12.1 Å². The Labute approximate surface area is 56.9 Å². The predicted molar refractivity (Wildman–Crippen MR) is 34.7 cm³/mol. The highest BCUT2D eigenvalue weighted by molar-refractivity contribution is 5.39. The van der Waals surface area contributed by atoms with E-state index in [2.05, 4.69) is 0 Å². The minimum atomic E-state index is -0.539. The Balaban J connectivity index is 2.64. The van der Waals surface area contributed by atoms with Crippen LogP contribution in [0.2, 0.25) is 0 Å². The van der Waals surface area contributed by atoms with E-state index in [0.717, 1.165) is 6.20 Å². The maximum Gasteiger partial charge on any atom is 0.238 e. The first-order valence-corrected chi connectivity index (χ1v) is 2.64. The Bertz CT molecular complexity index is 238. The average Bonchev–Trinajstić information content (AvgIpc) is 2.34. The lowest BCUT2D eigenvalue weighted by Crippen LogP contribution is -1.80. The lowest BCUT2D eigenvalue weighted by atomic mass is 10.4. The Morgan fingerprint density at radius 1 is 1.70 bits per heavy atom. The van der Waals surface area contributed by atoms with Crippen LogP contribution < -0.4 is 0 Å². The molecule has 0 spiro atoms. The molecule has 1 aromatic rings. The maximum absolute atomic E-state index is 9.77. The molecule has 0 saturated carbocycles. The number of rotatable bonds is 2. The van der Waals surface area contributed by atoms with Crippen molar-refractivity contribution in [1.29, 1.82) is 0 Å². The fourth-order valence-corrected chi connectivity index (χ4v) is 0.520. The number of nitrogens with zero attached hydrogens (tertiary/aromatic N) is 1. The SMILES string of the molecule is O=[N+]([O-])C=Cc1ccco1. The molecule has 0 aliphatic carbocycles. The summed E-state index contributed by atoms with van der Waals surface area (Å²) in [7, 11) is 0. The largest absolute Gasteiger partial charge is 0.465 e. The van der Waals surface area contributed by atoms with Crippen LogP contribution in [0.3, 0.4) is 0 Å². The van der Waals surface area contributed by atoms with Crippen molar-refractivity contribution >= 4 is 6.08 Å². The lowest BCUT2D eigenvalue weighted by molar-refractivity contribution is -0.401. The molecule has 0 bridgehead atoms. The summed E-state index contributed by atoms with van der Waals surface area (Å²) in [4.78, 5) is 9.23. The normalized spacial score (nSPS) is 10.4. The van der Waals surface area contributed by atoms with Crippen molar-refractivity contribution in [2.75, 3.05) is 0 Å². The van der Waals surface area contributed by atoms with Crippen LogP contribution >= 0.6 is 0 Å². The Hall–Kier alpha value is -1.58. The van der Waals surface area contributed by atoms with Crippen molar-refractivity contribution in [2.24, 2.45) is 0 Å². The number of hydrogen-bond acceptors (Lipinski definition) is 3. The van der Waals surface area contributed by atoms with Gasteiger partial charge in [0.2, 0.25) is 6.20 Å². The summed E-state index contributed by atoms with van der Waals surface area (Å²) >= 11 is 0. The van der Waals surface area contributed by atoms with Gasteiger partial charge in [-0.3, -0.25) is 10.1 Å². The summed E-state index contributed by atoms with van der Waals surface area (Å²) in [5.74, 6) is 0.483. The van der Waals surface area contributed by atoms with E-state index >= 15 is 0 Å². The third kappa shape index (κ3) is 1.74. The second-order valence-electron chi connectivity index (χ2n) is 1.62. The number of furan rings is 1. The van der Waals surface area contributed by atoms with Gasteiger partial charge in [-0.05, 0) is 12.1 Å². The molecule has 1 aromatic heterocycles. The summed E-state index contributed by atoms with van der Waals surface area (Å²) in [6.07, 6.45) is 3.58. The molecule has 0 aliphatic rings. The van der Waals surface area contributed by atoms with E-state index in [1.165, 1.54) is 12.3 Å². The third-order valence-corrected chi connectivity index (χ3v) is 0.904. The predicted octanol–water partition coefficient (Wildman–Crippen LogP) is 1.53. The molecule has 0 unspecified atom stereocenters. The van der Waals surface area contributed by atoms with E-state index in [9.17, 15) is 10.1 Å². The van der Waals surface area contributed by atoms with Gasteiger partial charge in [-0.1, -0.05) is 0 Å². The van der Waals surface area contributed by atoms with Crippen LogP contribution in [0.4, 0.5) is 0 Å². The molecule has 0 aromatic carbocycles. The Morgan fingerprint density at radius 2 is 2.50 bits per heavy atom. The molecule has 52 valence electrons. The zero-order chi connectivity index (χ0) is 7.40.